The fourth-order valence-electron chi connectivity index (χ4n) is 3.89. The van der Waals surface area contributed by atoms with Crippen LogP contribution in [0.15, 0.2) is 53.3 Å². The van der Waals surface area contributed by atoms with E-state index in [1.54, 1.807) is 11.5 Å². The number of methoxy groups -OCH3 is 1. The van der Waals surface area contributed by atoms with E-state index in [0.29, 0.717) is 5.65 Å². The van der Waals surface area contributed by atoms with Gasteiger partial charge in [0.1, 0.15) is 5.75 Å². The normalized spacial score (nSPS) is 11.6. The number of aromatic nitrogens is 3. The predicted octanol–water partition coefficient (Wildman–Crippen LogP) is 2.89. The van der Waals surface area contributed by atoms with Crippen molar-refractivity contribution in [1.82, 2.24) is 24.8 Å². The van der Waals surface area contributed by atoms with E-state index in [1.807, 2.05) is 42.5 Å². The lowest BCUT2D eigenvalue weighted by atomic mass is 9.95. The summed E-state index contributed by atoms with van der Waals surface area (Å²) in [5.41, 5.74) is 4.33. The van der Waals surface area contributed by atoms with Gasteiger partial charge in [0.25, 0.3) is 0 Å². The molecule has 0 radical (unpaired) electrons. The minimum absolute atomic E-state index is 0.240. The molecular formula is C23H27N5O2. The van der Waals surface area contributed by atoms with E-state index in [0.717, 1.165) is 59.4 Å². The smallest absolute Gasteiger partial charge is 0.348 e. The summed E-state index contributed by atoms with van der Waals surface area (Å²) in [6, 6.07) is 15.9. The van der Waals surface area contributed by atoms with Gasteiger partial charge in [0.15, 0.2) is 5.65 Å². The largest absolute Gasteiger partial charge is 0.496 e. The lowest BCUT2D eigenvalue weighted by Crippen LogP contribution is -2.21. The number of aromatic amines is 1. The molecule has 2 N–H and O–H groups in total. The molecule has 2 heterocycles. The monoisotopic (exact) mass is 405 g/mol. The number of pyridine rings is 1. The molecule has 0 bridgehead atoms. The highest BCUT2D eigenvalue weighted by Gasteiger charge is 2.17. The number of rotatable bonds is 8. The van der Waals surface area contributed by atoms with E-state index in [1.165, 1.54) is 0 Å². The first-order chi connectivity index (χ1) is 14.6. The Balaban J connectivity index is 1.81. The van der Waals surface area contributed by atoms with Crippen LogP contribution >= 0.6 is 0 Å². The lowest BCUT2D eigenvalue weighted by molar-refractivity contribution is 0.394. The highest BCUT2D eigenvalue weighted by molar-refractivity contribution is 5.99. The molecule has 0 spiro atoms. The van der Waals surface area contributed by atoms with Crippen molar-refractivity contribution in [3.8, 4) is 16.9 Å². The third-order valence-electron chi connectivity index (χ3n) is 5.28. The van der Waals surface area contributed by atoms with Crippen LogP contribution in [0.4, 0.5) is 0 Å². The molecule has 2 aromatic carbocycles. The van der Waals surface area contributed by atoms with Crippen LogP contribution in [0.1, 0.15) is 12.0 Å². The zero-order valence-electron chi connectivity index (χ0n) is 17.6. The van der Waals surface area contributed by atoms with Crippen molar-refractivity contribution >= 4 is 16.6 Å². The van der Waals surface area contributed by atoms with Gasteiger partial charge in [-0.05, 0) is 62.9 Å². The van der Waals surface area contributed by atoms with E-state index >= 15 is 0 Å². The fraction of sp³-hybridized carbons (Fsp3) is 0.304. The Labute approximate surface area is 175 Å². The SMILES string of the molecule is COc1cccc(CNCCCN(C)C)c1-c1cc2n[nH]c(=O)n2c2ccccc12. The topological polar surface area (TPSA) is 74.7 Å². The Hall–Kier alpha value is -3.16. The maximum absolute atomic E-state index is 12.3. The van der Waals surface area contributed by atoms with Crippen molar-refractivity contribution < 1.29 is 4.74 Å². The Morgan fingerprint density at radius 1 is 1.17 bits per heavy atom. The zero-order valence-corrected chi connectivity index (χ0v) is 17.6. The molecule has 0 atom stereocenters. The fourth-order valence-corrected chi connectivity index (χ4v) is 3.89. The second-order valence-electron chi connectivity index (χ2n) is 7.63. The Kier molecular flexibility index (Phi) is 5.83. The van der Waals surface area contributed by atoms with E-state index < -0.39 is 0 Å². The van der Waals surface area contributed by atoms with Crippen LogP contribution in [0.25, 0.3) is 27.7 Å². The highest BCUT2D eigenvalue weighted by atomic mass is 16.5. The molecule has 2 aromatic heterocycles. The summed E-state index contributed by atoms with van der Waals surface area (Å²) >= 11 is 0. The van der Waals surface area contributed by atoms with Crippen LogP contribution in [0.2, 0.25) is 0 Å². The summed E-state index contributed by atoms with van der Waals surface area (Å²) in [5, 5.41) is 11.3. The molecule has 0 amide bonds. The molecule has 156 valence electrons. The van der Waals surface area contributed by atoms with E-state index in [-0.39, 0.29) is 5.69 Å². The molecule has 30 heavy (non-hydrogen) atoms. The van der Waals surface area contributed by atoms with E-state index in [4.69, 9.17) is 4.74 Å². The van der Waals surface area contributed by atoms with Crippen LogP contribution < -0.4 is 15.7 Å². The summed E-state index contributed by atoms with van der Waals surface area (Å²) in [6.07, 6.45) is 1.08. The Morgan fingerprint density at radius 2 is 2.00 bits per heavy atom. The van der Waals surface area contributed by atoms with Gasteiger partial charge in [-0.1, -0.05) is 30.3 Å². The number of nitrogens with one attached hydrogen (secondary N) is 2. The molecule has 0 unspecified atom stereocenters. The highest BCUT2D eigenvalue weighted by Crippen LogP contribution is 2.38. The van der Waals surface area contributed by atoms with Gasteiger partial charge in [0.2, 0.25) is 0 Å². The van der Waals surface area contributed by atoms with Crippen LogP contribution in [-0.4, -0.2) is 53.8 Å². The number of fused-ring (bicyclic) bond motifs is 3. The molecule has 0 saturated heterocycles. The van der Waals surface area contributed by atoms with Crippen LogP contribution in [0, 0.1) is 0 Å². The summed E-state index contributed by atoms with van der Waals surface area (Å²) in [6.45, 7) is 2.71. The standard InChI is InChI=1S/C23H27N5O2/c1-27(2)13-7-12-24-15-16-8-6-11-20(30-3)22(16)18-14-21-25-26-23(29)28(21)19-10-5-4-9-17(18)19/h4-6,8-11,14,24H,7,12-13,15H2,1-3H3,(H,26,29). The van der Waals surface area contributed by atoms with Crippen molar-refractivity contribution in [2.75, 3.05) is 34.3 Å². The maximum Gasteiger partial charge on any atom is 0.348 e. The van der Waals surface area contributed by atoms with Gasteiger partial charge >= 0.3 is 5.69 Å². The second-order valence-corrected chi connectivity index (χ2v) is 7.63. The van der Waals surface area contributed by atoms with Crippen molar-refractivity contribution in [1.29, 1.82) is 0 Å². The molecule has 0 saturated carbocycles. The Morgan fingerprint density at radius 3 is 2.80 bits per heavy atom. The number of para-hydroxylation sites is 1. The van der Waals surface area contributed by atoms with Crippen LogP contribution in [0.5, 0.6) is 5.75 Å². The summed E-state index contributed by atoms with van der Waals surface area (Å²) in [4.78, 5) is 14.5. The van der Waals surface area contributed by atoms with Gasteiger partial charge in [-0.15, -0.1) is 0 Å². The minimum Gasteiger partial charge on any atom is -0.496 e. The first kappa shape index (κ1) is 20.1. The maximum atomic E-state index is 12.3. The summed E-state index contributed by atoms with van der Waals surface area (Å²) in [5.74, 6) is 0.801. The van der Waals surface area contributed by atoms with Gasteiger partial charge in [-0.3, -0.25) is 0 Å². The van der Waals surface area contributed by atoms with Crippen LogP contribution in [-0.2, 0) is 6.54 Å². The van der Waals surface area contributed by atoms with Gasteiger partial charge in [-0.2, -0.15) is 5.10 Å². The third kappa shape index (κ3) is 3.81. The molecule has 4 rings (SSSR count). The van der Waals surface area contributed by atoms with Gasteiger partial charge in [0, 0.05) is 17.5 Å². The van der Waals surface area contributed by atoms with Gasteiger partial charge < -0.3 is 15.0 Å². The summed E-state index contributed by atoms with van der Waals surface area (Å²) < 4.78 is 7.34. The number of nitrogens with zero attached hydrogens (tertiary/aromatic N) is 3. The van der Waals surface area contributed by atoms with Crippen LogP contribution in [0.3, 0.4) is 0 Å². The molecular weight excluding hydrogens is 378 g/mol. The molecule has 4 aromatic rings. The Bertz CT molecular complexity index is 1230. The van der Waals surface area contributed by atoms with Gasteiger partial charge in [0.05, 0.1) is 12.6 Å². The molecule has 0 aliphatic rings. The van der Waals surface area contributed by atoms with Crippen molar-refractivity contribution in [3.05, 3.63) is 64.6 Å². The molecule has 7 heteroatoms. The first-order valence-electron chi connectivity index (χ1n) is 10.1. The zero-order chi connectivity index (χ0) is 21.1. The van der Waals surface area contributed by atoms with E-state index in [2.05, 4.69) is 40.6 Å². The average Bonchev–Trinajstić information content (AvgIpc) is 3.13. The molecule has 7 nitrogen and oxygen atoms in total. The number of H-pyrrole nitrogens is 1. The third-order valence-corrected chi connectivity index (χ3v) is 5.28. The quantitative estimate of drug-likeness (QED) is 0.441. The summed E-state index contributed by atoms with van der Waals surface area (Å²) in [7, 11) is 5.86. The van der Waals surface area contributed by atoms with E-state index in [9.17, 15) is 4.79 Å². The number of ether oxygens (including phenoxy) is 1. The van der Waals surface area contributed by atoms with Crippen molar-refractivity contribution in [2.24, 2.45) is 0 Å². The second kappa shape index (κ2) is 8.69. The van der Waals surface area contributed by atoms with Crippen molar-refractivity contribution in [3.63, 3.8) is 0 Å². The van der Waals surface area contributed by atoms with Gasteiger partial charge in [-0.25, -0.2) is 14.3 Å². The number of benzene rings is 2. The average molecular weight is 406 g/mol. The molecule has 0 aliphatic heterocycles. The number of hydrogen-bond acceptors (Lipinski definition) is 5. The molecule has 0 aliphatic carbocycles. The lowest BCUT2D eigenvalue weighted by Gasteiger charge is -2.17. The predicted molar refractivity (Wildman–Crippen MR) is 120 cm³/mol. The number of hydrogen-bond donors (Lipinski definition) is 2. The molecule has 0 fully saturated rings. The minimum atomic E-state index is -0.240. The van der Waals surface area contributed by atoms with Crippen molar-refractivity contribution in [2.45, 2.75) is 13.0 Å². The first-order valence-corrected chi connectivity index (χ1v) is 10.1.